The lowest BCUT2D eigenvalue weighted by Crippen LogP contribution is -2.48. The van der Waals surface area contributed by atoms with Crippen molar-refractivity contribution < 1.29 is 19.1 Å². The maximum atomic E-state index is 12.4. The van der Waals surface area contributed by atoms with Gasteiger partial charge in [0.25, 0.3) is 11.8 Å². The predicted molar refractivity (Wildman–Crippen MR) is 116 cm³/mol. The second kappa shape index (κ2) is 10.9. The number of piperidine rings is 1. The van der Waals surface area contributed by atoms with Gasteiger partial charge in [0, 0.05) is 24.2 Å². The van der Waals surface area contributed by atoms with Gasteiger partial charge in [-0.25, -0.2) is 0 Å². The van der Waals surface area contributed by atoms with Crippen LogP contribution in [0.5, 0.6) is 11.5 Å². The van der Waals surface area contributed by atoms with E-state index in [4.69, 9.17) is 21.1 Å². The third-order valence-corrected chi connectivity index (χ3v) is 5.35. The van der Waals surface area contributed by atoms with E-state index in [1.54, 1.807) is 29.2 Å². The quantitative estimate of drug-likeness (QED) is 0.696. The summed E-state index contributed by atoms with van der Waals surface area (Å²) in [7, 11) is 0. The summed E-state index contributed by atoms with van der Waals surface area (Å²) >= 11 is 5.84. The van der Waals surface area contributed by atoms with E-state index in [1.165, 1.54) is 0 Å². The van der Waals surface area contributed by atoms with Crippen LogP contribution in [0.1, 0.15) is 25.3 Å². The van der Waals surface area contributed by atoms with Crippen molar-refractivity contribution in [2.75, 3.05) is 26.3 Å². The molecule has 0 atom stereocenters. The number of rotatable bonds is 8. The number of carbonyl (C=O) groups is 2. The van der Waals surface area contributed by atoms with Crippen molar-refractivity contribution in [1.82, 2.24) is 10.2 Å². The van der Waals surface area contributed by atoms with Gasteiger partial charge < -0.3 is 19.7 Å². The van der Waals surface area contributed by atoms with E-state index < -0.39 is 0 Å². The summed E-state index contributed by atoms with van der Waals surface area (Å²) in [5, 5.41) is 3.63. The van der Waals surface area contributed by atoms with Gasteiger partial charge in [0.1, 0.15) is 11.5 Å². The number of nitrogens with zero attached hydrogens (tertiary/aromatic N) is 1. The molecule has 1 saturated heterocycles. The Morgan fingerprint density at radius 1 is 1.03 bits per heavy atom. The lowest BCUT2D eigenvalue weighted by atomic mass is 10.1. The van der Waals surface area contributed by atoms with E-state index in [1.807, 2.05) is 24.3 Å². The van der Waals surface area contributed by atoms with Crippen molar-refractivity contribution in [1.29, 1.82) is 0 Å². The molecular formula is C23H27ClN2O4. The second-order valence-corrected chi connectivity index (χ2v) is 7.65. The third-order valence-electron chi connectivity index (χ3n) is 5.10. The first kappa shape index (κ1) is 22.0. The highest BCUT2D eigenvalue weighted by molar-refractivity contribution is 6.30. The van der Waals surface area contributed by atoms with E-state index in [2.05, 4.69) is 12.2 Å². The molecule has 1 aliphatic rings. The molecule has 160 valence electrons. The van der Waals surface area contributed by atoms with Crippen molar-refractivity contribution in [2.24, 2.45) is 0 Å². The zero-order valence-corrected chi connectivity index (χ0v) is 17.9. The Morgan fingerprint density at radius 2 is 1.73 bits per heavy atom. The van der Waals surface area contributed by atoms with E-state index in [-0.39, 0.29) is 31.1 Å². The minimum Gasteiger partial charge on any atom is -0.484 e. The van der Waals surface area contributed by atoms with Crippen molar-refractivity contribution in [2.45, 2.75) is 32.2 Å². The first-order chi connectivity index (χ1) is 14.5. The van der Waals surface area contributed by atoms with Gasteiger partial charge in [0.05, 0.1) is 0 Å². The summed E-state index contributed by atoms with van der Waals surface area (Å²) in [5.41, 5.74) is 1.08. The monoisotopic (exact) mass is 430 g/mol. The van der Waals surface area contributed by atoms with Crippen molar-refractivity contribution in [3.05, 3.63) is 59.1 Å². The van der Waals surface area contributed by atoms with Crippen LogP contribution in [0.3, 0.4) is 0 Å². The van der Waals surface area contributed by atoms with Gasteiger partial charge in [0.15, 0.2) is 13.2 Å². The number of para-hydroxylation sites is 1. The number of halogens is 1. The highest BCUT2D eigenvalue weighted by atomic mass is 35.5. The summed E-state index contributed by atoms with van der Waals surface area (Å²) in [4.78, 5) is 26.4. The molecule has 1 N–H and O–H groups in total. The zero-order valence-electron chi connectivity index (χ0n) is 17.1. The van der Waals surface area contributed by atoms with Crippen molar-refractivity contribution >= 4 is 23.4 Å². The summed E-state index contributed by atoms with van der Waals surface area (Å²) in [6, 6.07) is 14.7. The Labute approximate surface area is 182 Å². The van der Waals surface area contributed by atoms with Gasteiger partial charge in [-0.05, 0) is 55.2 Å². The molecule has 0 bridgehead atoms. The Kier molecular flexibility index (Phi) is 7.97. The number of carbonyl (C=O) groups excluding carboxylic acids is 2. The van der Waals surface area contributed by atoms with Gasteiger partial charge in [-0.15, -0.1) is 0 Å². The largest absolute Gasteiger partial charge is 0.484 e. The van der Waals surface area contributed by atoms with Gasteiger partial charge >= 0.3 is 0 Å². The molecule has 1 heterocycles. The molecule has 1 aliphatic heterocycles. The lowest BCUT2D eigenvalue weighted by molar-refractivity contribution is -0.134. The van der Waals surface area contributed by atoms with Crippen LogP contribution in [0.25, 0.3) is 0 Å². The summed E-state index contributed by atoms with van der Waals surface area (Å²) in [6.45, 7) is 3.22. The number of hydrogen-bond donors (Lipinski definition) is 1. The highest BCUT2D eigenvalue weighted by Gasteiger charge is 2.24. The first-order valence-corrected chi connectivity index (χ1v) is 10.6. The van der Waals surface area contributed by atoms with Crippen LogP contribution >= 0.6 is 11.6 Å². The average Bonchev–Trinajstić information content (AvgIpc) is 2.77. The van der Waals surface area contributed by atoms with Crippen LogP contribution in [0.4, 0.5) is 0 Å². The molecule has 7 heteroatoms. The van der Waals surface area contributed by atoms with E-state index in [0.717, 1.165) is 17.7 Å². The number of benzene rings is 2. The van der Waals surface area contributed by atoms with Gasteiger partial charge in [0.2, 0.25) is 0 Å². The normalized spacial score (nSPS) is 14.3. The minimum atomic E-state index is -0.142. The van der Waals surface area contributed by atoms with Crippen LogP contribution in [0, 0.1) is 0 Å². The number of aryl methyl sites for hydroxylation is 1. The molecule has 2 aromatic rings. The molecule has 0 unspecified atom stereocenters. The summed E-state index contributed by atoms with van der Waals surface area (Å²) in [5.74, 6) is 1.15. The number of ether oxygens (including phenoxy) is 2. The maximum Gasteiger partial charge on any atom is 0.260 e. The van der Waals surface area contributed by atoms with E-state index in [0.29, 0.717) is 36.7 Å². The highest BCUT2D eigenvalue weighted by Crippen LogP contribution is 2.18. The molecule has 2 amide bonds. The summed E-state index contributed by atoms with van der Waals surface area (Å²) in [6.07, 6.45) is 2.28. The van der Waals surface area contributed by atoms with Crippen molar-refractivity contribution in [3.63, 3.8) is 0 Å². The fraction of sp³-hybridized carbons (Fsp3) is 0.391. The molecule has 2 aromatic carbocycles. The zero-order chi connectivity index (χ0) is 21.3. The molecule has 1 fully saturated rings. The van der Waals surface area contributed by atoms with Crippen LogP contribution < -0.4 is 14.8 Å². The van der Waals surface area contributed by atoms with Crippen LogP contribution in [0.15, 0.2) is 48.5 Å². The SMILES string of the molecule is CCc1ccccc1OCC(=O)NC1CCN(C(=O)COc2ccc(Cl)cc2)CC1. The van der Waals surface area contributed by atoms with Gasteiger partial charge in [-0.2, -0.15) is 0 Å². The van der Waals surface area contributed by atoms with Crippen LogP contribution in [-0.4, -0.2) is 49.1 Å². The van der Waals surface area contributed by atoms with E-state index in [9.17, 15) is 9.59 Å². The topological polar surface area (TPSA) is 67.9 Å². The number of hydrogen-bond acceptors (Lipinski definition) is 4. The standard InChI is InChI=1S/C23H27ClN2O4/c1-2-17-5-3-4-6-21(17)30-15-22(27)25-19-11-13-26(14-12-19)23(28)16-29-20-9-7-18(24)8-10-20/h3-10,19H,2,11-16H2,1H3,(H,25,27). The lowest BCUT2D eigenvalue weighted by Gasteiger charge is -2.32. The Morgan fingerprint density at radius 3 is 2.43 bits per heavy atom. The fourth-order valence-electron chi connectivity index (χ4n) is 3.39. The van der Waals surface area contributed by atoms with Gasteiger partial charge in [-0.1, -0.05) is 36.7 Å². The number of nitrogens with one attached hydrogen (secondary N) is 1. The third kappa shape index (κ3) is 6.39. The average molecular weight is 431 g/mol. The molecule has 0 radical (unpaired) electrons. The Hall–Kier alpha value is -2.73. The Balaban J connectivity index is 1.36. The fourth-order valence-corrected chi connectivity index (χ4v) is 3.52. The molecule has 3 rings (SSSR count). The van der Waals surface area contributed by atoms with E-state index >= 15 is 0 Å². The predicted octanol–water partition coefficient (Wildman–Crippen LogP) is 3.47. The molecule has 0 spiro atoms. The molecule has 0 aliphatic carbocycles. The maximum absolute atomic E-state index is 12.4. The van der Waals surface area contributed by atoms with Gasteiger partial charge in [-0.3, -0.25) is 9.59 Å². The molecule has 0 aromatic heterocycles. The molecule has 0 saturated carbocycles. The van der Waals surface area contributed by atoms with Crippen LogP contribution in [-0.2, 0) is 16.0 Å². The number of likely N-dealkylation sites (tertiary alicyclic amines) is 1. The minimum absolute atomic E-state index is 0.00884. The van der Waals surface area contributed by atoms with Crippen LogP contribution in [0.2, 0.25) is 5.02 Å². The Bertz CT molecular complexity index is 849. The smallest absolute Gasteiger partial charge is 0.260 e. The summed E-state index contributed by atoms with van der Waals surface area (Å²) < 4.78 is 11.2. The second-order valence-electron chi connectivity index (χ2n) is 7.22. The molecule has 6 nitrogen and oxygen atoms in total. The molecular weight excluding hydrogens is 404 g/mol. The molecule has 30 heavy (non-hydrogen) atoms. The first-order valence-electron chi connectivity index (χ1n) is 10.2. The number of amides is 2. The van der Waals surface area contributed by atoms with Crippen molar-refractivity contribution in [3.8, 4) is 11.5 Å².